The van der Waals surface area contributed by atoms with E-state index < -0.39 is 6.10 Å². The fraction of sp³-hybridized carbons (Fsp3) is 0.333. The SMILES string of the molecule is O=C(c1ccc(=O)[nH]n1)N1CCN(C(=O)[C@@H]2COc3ccccc3O2)CC1. The molecule has 1 saturated heterocycles. The van der Waals surface area contributed by atoms with Crippen LogP contribution in [0.2, 0.25) is 0 Å². The third-order valence-corrected chi connectivity index (χ3v) is 4.56. The second kappa shape index (κ2) is 7.10. The van der Waals surface area contributed by atoms with Crippen LogP contribution in [-0.2, 0) is 4.79 Å². The summed E-state index contributed by atoms with van der Waals surface area (Å²) in [6.07, 6.45) is -0.692. The Balaban J connectivity index is 1.35. The second-order valence-corrected chi connectivity index (χ2v) is 6.29. The first-order valence-electron chi connectivity index (χ1n) is 8.64. The van der Waals surface area contributed by atoms with Gasteiger partial charge in [0.2, 0.25) is 6.10 Å². The summed E-state index contributed by atoms with van der Waals surface area (Å²) < 4.78 is 11.4. The van der Waals surface area contributed by atoms with Crippen molar-refractivity contribution in [2.24, 2.45) is 0 Å². The van der Waals surface area contributed by atoms with E-state index in [4.69, 9.17) is 9.47 Å². The molecule has 1 fully saturated rings. The standard InChI is InChI=1S/C18H18N4O5/c23-16-6-5-12(19-20-16)17(24)21-7-9-22(10-8-21)18(25)15-11-26-13-3-1-2-4-14(13)27-15/h1-6,15H,7-11H2,(H,20,23)/t15-/m0/s1. The van der Waals surface area contributed by atoms with Crippen molar-refractivity contribution in [3.8, 4) is 11.5 Å². The maximum atomic E-state index is 12.7. The second-order valence-electron chi connectivity index (χ2n) is 6.29. The zero-order valence-electron chi connectivity index (χ0n) is 14.5. The number of nitrogens with zero attached hydrogens (tertiary/aromatic N) is 3. The van der Waals surface area contributed by atoms with E-state index >= 15 is 0 Å². The molecule has 2 aliphatic rings. The van der Waals surface area contributed by atoms with E-state index in [0.29, 0.717) is 37.7 Å². The molecule has 2 aromatic rings. The first-order valence-corrected chi connectivity index (χ1v) is 8.64. The molecule has 0 radical (unpaired) electrons. The number of benzene rings is 1. The van der Waals surface area contributed by atoms with E-state index in [1.165, 1.54) is 12.1 Å². The number of H-pyrrole nitrogens is 1. The van der Waals surface area contributed by atoms with Crippen molar-refractivity contribution in [2.75, 3.05) is 32.8 Å². The maximum absolute atomic E-state index is 12.7. The van der Waals surface area contributed by atoms with E-state index in [2.05, 4.69) is 10.2 Å². The van der Waals surface area contributed by atoms with Crippen LogP contribution >= 0.6 is 0 Å². The molecule has 9 heteroatoms. The summed E-state index contributed by atoms with van der Waals surface area (Å²) in [4.78, 5) is 39.5. The molecule has 27 heavy (non-hydrogen) atoms. The quantitative estimate of drug-likeness (QED) is 0.791. The molecule has 0 bridgehead atoms. The molecule has 1 N–H and O–H groups in total. The largest absolute Gasteiger partial charge is 0.485 e. The zero-order chi connectivity index (χ0) is 18.8. The number of aromatic nitrogens is 2. The van der Waals surface area contributed by atoms with Crippen molar-refractivity contribution >= 4 is 11.8 Å². The Kier molecular flexibility index (Phi) is 4.49. The minimum atomic E-state index is -0.692. The summed E-state index contributed by atoms with van der Waals surface area (Å²) in [7, 11) is 0. The lowest BCUT2D eigenvalue weighted by molar-refractivity contribution is -0.142. The van der Waals surface area contributed by atoms with Gasteiger partial charge in [0.15, 0.2) is 11.5 Å². The Labute approximate surface area is 154 Å². The summed E-state index contributed by atoms with van der Waals surface area (Å²) in [5.74, 6) is 0.758. The van der Waals surface area contributed by atoms with Crippen molar-refractivity contribution in [3.05, 3.63) is 52.4 Å². The lowest BCUT2D eigenvalue weighted by Crippen LogP contribution is -2.55. The van der Waals surface area contributed by atoms with E-state index in [-0.39, 0.29) is 29.7 Å². The molecule has 3 heterocycles. The first kappa shape index (κ1) is 17.1. The van der Waals surface area contributed by atoms with Crippen molar-refractivity contribution < 1.29 is 19.1 Å². The van der Waals surface area contributed by atoms with E-state index in [0.717, 1.165) is 0 Å². The van der Waals surface area contributed by atoms with Gasteiger partial charge in [-0.2, -0.15) is 5.10 Å². The summed E-state index contributed by atoms with van der Waals surface area (Å²) >= 11 is 0. The average Bonchev–Trinajstić information content (AvgIpc) is 2.73. The highest BCUT2D eigenvalue weighted by atomic mass is 16.6. The Hall–Kier alpha value is -3.36. The average molecular weight is 370 g/mol. The first-order chi connectivity index (χ1) is 13.1. The number of aromatic amines is 1. The van der Waals surface area contributed by atoms with Crippen LogP contribution in [0.4, 0.5) is 0 Å². The predicted octanol–water partition coefficient (Wildman–Crippen LogP) is -0.106. The molecular formula is C18H18N4O5. The molecule has 0 saturated carbocycles. The highest BCUT2D eigenvalue weighted by Gasteiger charge is 2.33. The van der Waals surface area contributed by atoms with Crippen LogP contribution < -0.4 is 15.0 Å². The van der Waals surface area contributed by atoms with Gasteiger partial charge >= 0.3 is 0 Å². The molecule has 1 aromatic carbocycles. The molecule has 9 nitrogen and oxygen atoms in total. The molecule has 0 spiro atoms. The van der Waals surface area contributed by atoms with E-state index in [1.807, 2.05) is 12.1 Å². The van der Waals surface area contributed by atoms with Gasteiger partial charge in [0.25, 0.3) is 17.4 Å². The monoisotopic (exact) mass is 370 g/mol. The number of piperazine rings is 1. The Bertz CT molecular complexity index is 899. The molecule has 1 aromatic heterocycles. The van der Waals surface area contributed by atoms with Crippen LogP contribution in [-0.4, -0.2) is 70.7 Å². The fourth-order valence-electron chi connectivity index (χ4n) is 3.10. The predicted molar refractivity (Wildman–Crippen MR) is 93.7 cm³/mol. The van der Waals surface area contributed by atoms with Gasteiger partial charge < -0.3 is 19.3 Å². The molecule has 0 unspecified atom stereocenters. The van der Waals surface area contributed by atoms with E-state index in [9.17, 15) is 14.4 Å². The lowest BCUT2D eigenvalue weighted by atomic mass is 10.2. The number of hydrogen-bond donors (Lipinski definition) is 1. The fourth-order valence-corrected chi connectivity index (χ4v) is 3.10. The molecule has 1 atom stereocenters. The van der Waals surface area contributed by atoms with Gasteiger partial charge in [-0.1, -0.05) is 12.1 Å². The maximum Gasteiger partial charge on any atom is 0.274 e. The number of carbonyl (C=O) groups excluding carboxylic acids is 2. The van der Waals surface area contributed by atoms with Crippen molar-refractivity contribution in [1.82, 2.24) is 20.0 Å². The number of nitrogens with one attached hydrogen (secondary N) is 1. The van der Waals surface area contributed by atoms with Gasteiger partial charge in [-0.25, -0.2) is 5.10 Å². The minimum absolute atomic E-state index is 0.154. The van der Waals surface area contributed by atoms with Gasteiger partial charge in [0, 0.05) is 32.2 Å². The minimum Gasteiger partial charge on any atom is -0.485 e. The number of para-hydroxylation sites is 2. The van der Waals surface area contributed by atoms with Gasteiger partial charge in [-0.05, 0) is 18.2 Å². The molecule has 4 rings (SSSR count). The smallest absolute Gasteiger partial charge is 0.274 e. The number of amides is 2. The highest BCUT2D eigenvalue weighted by Crippen LogP contribution is 2.31. The number of rotatable bonds is 2. The molecule has 2 aliphatic heterocycles. The van der Waals surface area contributed by atoms with Crippen LogP contribution in [0.1, 0.15) is 10.5 Å². The number of hydrogen-bond acceptors (Lipinski definition) is 6. The lowest BCUT2D eigenvalue weighted by Gasteiger charge is -2.37. The van der Waals surface area contributed by atoms with Gasteiger partial charge in [-0.3, -0.25) is 14.4 Å². The summed E-state index contributed by atoms with van der Waals surface area (Å²) in [6.45, 7) is 1.73. The highest BCUT2D eigenvalue weighted by molar-refractivity contribution is 5.92. The van der Waals surface area contributed by atoms with Gasteiger partial charge in [0.1, 0.15) is 12.3 Å². The summed E-state index contributed by atoms with van der Waals surface area (Å²) in [6, 6.07) is 9.89. The van der Waals surface area contributed by atoms with Crippen molar-refractivity contribution in [2.45, 2.75) is 6.10 Å². The van der Waals surface area contributed by atoms with E-state index in [1.54, 1.807) is 21.9 Å². The molecule has 0 aliphatic carbocycles. The topological polar surface area (TPSA) is 105 Å². The molecule has 2 amide bonds. The number of carbonyl (C=O) groups is 2. The van der Waals surface area contributed by atoms with Crippen molar-refractivity contribution in [3.63, 3.8) is 0 Å². The Morgan fingerprint density at radius 1 is 1.00 bits per heavy atom. The third-order valence-electron chi connectivity index (χ3n) is 4.56. The zero-order valence-corrected chi connectivity index (χ0v) is 14.5. The third kappa shape index (κ3) is 3.48. The van der Waals surface area contributed by atoms with Gasteiger partial charge in [-0.15, -0.1) is 0 Å². The van der Waals surface area contributed by atoms with Crippen LogP contribution in [0.3, 0.4) is 0 Å². The van der Waals surface area contributed by atoms with Crippen LogP contribution in [0, 0.1) is 0 Å². The van der Waals surface area contributed by atoms with Gasteiger partial charge in [0.05, 0.1) is 0 Å². The number of ether oxygens (including phenoxy) is 2. The number of fused-ring (bicyclic) bond motifs is 1. The van der Waals surface area contributed by atoms with Crippen LogP contribution in [0.5, 0.6) is 11.5 Å². The summed E-state index contributed by atoms with van der Waals surface area (Å²) in [5, 5.41) is 6.01. The van der Waals surface area contributed by atoms with Crippen LogP contribution in [0.15, 0.2) is 41.2 Å². The molecular weight excluding hydrogens is 352 g/mol. The van der Waals surface area contributed by atoms with Crippen LogP contribution in [0.25, 0.3) is 0 Å². The normalized spacial score (nSPS) is 18.9. The van der Waals surface area contributed by atoms with Crippen molar-refractivity contribution in [1.29, 1.82) is 0 Å². The Morgan fingerprint density at radius 2 is 1.70 bits per heavy atom. The Morgan fingerprint density at radius 3 is 2.41 bits per heavy atom. The summed E-state index contributed by atoms with van der Waals surface area (Å²) in [5.41, 5.74) is -0.187. The molecule has 140 valence electrons.